The number of carbonyl (C=O) groups is 1. The van der Waals surface area contributed by atoms with Gasteiger partial charge in [0, 0.05) is 40.7 Å². The van der Waals surface area contributed by atoms with Gasteiger partial charge in [0.05, 0.1) is 18.8 Å². The largest absolute Gasteiger partial charge is 0.383 e. The zero-order chi connectivity index (χ0) is 20.4. The SMILES string of the molecule is COCCn1nc(C(=O)Nc2nc(-c3c(C)[nH]c4ccccc34)cs2)ccc1=O. The van der Waals surface area contributed by atoms with Gasteiger partial charge in [0.15, 0.2) is 5.13 Å². The Morgan fingerprint density at radius 1 is 1.28 bits per heavy atom. The molecule has 1 amide bonds. The maximum Gasteiger partial charge on any atom is 0.277 e. The number of methoxy groups -OCH3 is 1. The van der Waals surface area contributed by atoms with Crippen LogP contribution in [0.25, 0.3) is 22.2 Å². The van der Waals surface area contributed by atoms with Gasteiger partial charge in [0.2, 0.25) is 0 Å². The number of H-pyrrole nitrogens is 1. The van der Waals surface area contributed by atoms with Crippen LogP contribution in [-0.2, 0) is 11.3 Å². The summed E-state index contributed by atoms with van der Waals surface area (Å²) in [5, 5.41) is 10.3. The Morgan fingerprint density at radius 2 is 2.10 bits per heavy atom. The molecule has 0 bridgehead atoms. The molecule has 0 saturated carbocycles. The monoisotopic (exact) mass is 409 g/mol. The number of aromatic amines is 1. The van der Waals surface area contributed by atoms with Gasteiger partial charge in [-0.15, -0.1) is 11.3 Å². The van der Waals surface area contributed by atoms with Crippen LogP contribution >= 0.6 is 11.3 Å². The van der Waals surface area contributed by atoms with Crippen LogP contribution in [0.5, 0.6) is 0 Å². The molecule has 9 heteroatoms. The number of nitrogens with one attached hydrogen (secondary N) is 2. The van der Waals surface area contributed by atoms with Crippen LogP contribution in [0.2, 0.25) is 0 Å². The van der Waals surface area contributed by atoms with Crippen molar-refractivity contribution in [3.63, 3.8) is 0 Å². The van der Waals surface area contributed by atoms with E-state index in [0.29, 0.717) is 11.7 Å². The molecule has 29 heavy (non-hydrogen) atoms. The van der Waals surface area contributed by atoms with E-state index in [4.69, 9.17) is 4.74 Å². The van der Waals surface area contributed by atoms with Crippen molar-refractivity contribution in [2.75, 3.05) is 19.0 Å². The van der Waals surface area contributed by atoms with Gasteiger partial charge in [0.25, 0.3) is 11.5 Å². The van der Waals surface area contributed by atoms with E-state index in [1.54, 1.807) is 0 Å². The second kappa shape index (κ2) is 7.98. The Balaban J connectivity index is 1.57. The molecule has 2 N–H and O–H groups in total. The van der Waals surface area contributed by atoms with Gasteiger partial charge < -0.3 is 9.72 Å². The molecular formula is C20H19N5O3S. The average molecular weight is 409 g/mol. The third kappa shape index (κ3) is 3.82. The van der Waals surface area contributed by atoms with Crippen molar-refractivity contribution >= 4 is 33.3 Å². The predicted octanol–water partition coefficient (Wildman–Crippen LogP) is 3.06. The lowest BCUT2D eigenvalue weighted by atomic mass is 10.1. The van der Waals surface area contributed by atoms with Crippen molar-refractivity contribution in [2.45, 2.75) is 13.5 Å². The number of hydrogen-bond acceptors (Lipinski definition) is 6. The summed E-state index contributed by atoms with van der Waals surface area (Å²) < 4.78 is 6.17. The normalized spacial score (nSPS) is 11.1. The van der Waals surface area contributed by atoms with E-state index in [2.05, 4.69) is 20.4 Å². The molecule has 148 valence electrons. The number of aromatic nitrogens is 4. The summed E-state index contributed by atoms with van der Waals surface area (Å²) in [6.07, 6.45) is 0. The Kier molecular flexibility index (Phi) is 5.24. The summed E-state index contributed by atoms with van der Waals surface area (Å²) in [5.41, 5.74) is 3.72. The first-order valence-corrected chi connectivity index (χ1v) is 9.86. The number of ether oxygens (including phenoxy) is 1. The number of rotatable bonds is 6. The number of hydrogen-bond donors (Lipinski definition) is 2. The van der Waals surface area contributed by atoms with Crippen LogP contribution in [0.15, 0.2) is 46.6 Å². The van der Waals surface area contributed by atoms with Crippen molar-refractivity contribution in [2.24, 2.45) is 0 Å². The molecule has 0 aliphatic rings. The lowest BCUT2D eigenvalue weighted by Gasteiger charge is -2.06. The van der Waals surface area contributed by atoms with Crippen molar-refractivity contribution in [1.29, 1.82) is 0 Å². The maximum atomic E-state index is 12.6. The Bertz CT molecular complexity index is 1240. The fourth-order valence-electron chi connectivity index (χ4n) is 3.12. The molecule has 1 aromatic carbocycles. The molecule has 4 aromatic rings. The van der Waals surface area contributed by atoms with Crippen molar-refractivity contribution in [1.82, 2.24) is 19.7 Å². The summed E-state index contributed by atoms with van der Waals surface area (Å²) in [7, 11) is 1.54. The third-order valence-corrected chi connectivity index (χ3v) is 5.24. The molecule has 0 unspecified atom stereocenters. The number of aryl methyl sites for hydroxylation is 1. The minimum absolute atomic E-state index is 0.140. The quantitative estimate of drug-likeness (QED) is 0.510. The van der Waals surface area contributed by atoms with E-state index in [1.165, 1.54) is 35.3 Å². The molecule has 3 heterocycles. The van der Waals surface area contributed by atoms with Crippen molar-refractivity contribution < 1.29 is 9.53 Å². The number of benzene rings is 1. The highest BCUT2D eigenvalue weighted by Gasteiger charge is 2.16. The minimum atomic E-state index is -0.423. The Labute approximate surface area is 170 Å². The van der Waals surface area contributed by atoms with Gasteiger partial charge in [-0.1, -0.05) is 18.2 Å². The van der Waals surface area contributed by atoms with Crippen molar-refractivity contribution in [3.8, 4) is 11.3 Å². The van der Waals surface area contributed by atoms with E-state index in [1.807, 2.05) is 36.6 Å². The van der Waals surface area contributed by atoms with Gasteiger partial charge in [-0.05, 0) is 19.1 Å². The fraction of sp³-hybridized carbons (Fsp3) is 0.200. The first-order valence-electron chi connectivity index (χ1n) is 8.98. The first-order chi connectivity index (χ1) is 14.1. The topological polar surface area (TPSA) is 102 Å². The molecule has 0 fully saturated rings. The molecule has 0 aliphatic carbocycles. The summed E-state index contributed by atoms with van der Waals surface area (Å²) in [6, 6.07) is 10.7. The van der Waals surface area contributed by atoms with E-state index in [9.17, 15) is 9.59 Å². The lowest BCUT2D eigenvalue weighted by molar-refractivity contribution is 0.101. The van der Waals surface area contributed by atoms with E-state index in [-0.39, 0.29) is 17.8 Å². The van der Waals surface area contributed by atoms with Crippen LogP contribution in [-0.4, -0.2) is 39.4 Å². The standard InChI is InChI=1S/C20H19N5O3S/c1-12-18(13-5-3-4-6-14(13)21-12)16-11-29-20(22-16)23-19(27)15-7-8-17(26)25(24-15)9-10-28-2/h3-8,11,21H,9-10H2,1-2H3,(H,22,23,27). The molecular weight excluding hydrogens is 390 g/mol. The maximum absolute atomic E-state index is 12.6. The van der Waals surface area contributed by atoms with Crippen LogP contribution in [0.1, 0.15) is 16.2 Å². The summed E-state index contributed by atoms with van der Waals surface area (Å²) in [6.45, 7) is 2.61. The van der Waals surface area contributed by atoms with E-state index in [0.717, 1.165) is 27.9 Å². The highest BCUT2D eigenvalue weighted by atomic mass is 32.1. The average Bonchev–Trinajstić information content (AvgIpc) is 3.30. The smallest absolute Gasteiger partial charge is 0.277 e. The second-order valence-corrected chi connectivity index (χ2v) is 7.29. The molecule has 0 saturated heterocycles. The molecule has 0 radical (unpaired) electrons. The number of carbonyl (C=O) groups excluding carboxylic acids is 1. The lowest BCUT2D eigenvalue weighted by Crippen LogP contribution is -2.27. The van der Waals surface area contributed by atoms with Crippen LogP contribution < -0.4 is 10.9 Å². The molecule has 3 aromatic heterocycles. The number of thiazole rings is 1. The van der Waals surface area contributed by atoms with Crippen LogP contribution in [0.3, 0.4) is 0 Å². The number of nitrogens with zero attached hydrogens (tertiary/aromatic N) is 3. The van der Waals surface area contributed by atoms with E-state index >= 15 is 0 Å². The van der Waals surface area contributed by atoms with Crippen LogP contribution in [0, 0.1) is 6.92 Å². The Morgan fingerprint density at radius 3 is 2.93 bits per heavy atom. The molecule has 8 nitrogen and oxygen atoms in total. The zero-order valence-electron chi connectivity index (χ0n) is 15.9. The number of amides is 1. The fourth-order valence-corrected chi connectivity index (χ4v) is 3.82. The molecule has 4 rings (SSSR count). The predicted molar refractivity (Wildman–Crippen MR) is 112 cm³/mol. The van der Waals surface area contributed by atoms with E-state index < -0.39 is 5.91 Å². The molecule has 0 atom stereocenters. The summed E-state index contributed by atoms with van der Waals surface area (Å²) >= 11 is 1.34. The summed E-state index contributed by atoms with van der Waals surface area (Å²) in [4.78, 5) is 32.3. The Hall–Kier alpha value is -3.30. The molecule has 0 spiro atoms. The van der Waals surface area contributed by atoms with Gasteiger partial charge in [-0.25, -0.2) is 9.67 Å². The third-order valence-electron chi connectivity index (χ3n) is 4.48. The number of anilines is 1. The van der Waals surface area contributed by atoms with Crippen LogP contribution in [0.4, 0.5) is 5.13 Å². The summed E-state index contributed by atoms with van der Waals surface area (Å²) in [5.74, 6) is -0.423. The van der Waals surface area contributed by atoms with Gasteiger partial charge >= 0.3 is 0 Å². The number of fused-ring (bicyclic) bond motifs is 1. The first kappa shape index (κ1) is 19.0. The molecule has 0 aliphatic heterocycles. The minimum Gasteiger partial charge on any atom is -0.383 e. The van der Waals surface area contributed by atoms with Crippen molar-refractivity contribution in [3.05, 3.63) is 63.5 Å². The highest BCUT2D eigenvalue weighted by Crippen LogP contribution is 2.33. The van der Waals surface area contributed by atoms with Gasteiger partial charge in [-0.3, -0.25) is 14.9 Å². The van der Waals surface area contributed by atoms with Gasteiger partial charge in [0.1, 0.15) is 5.69 Å². The van der Waals surface area contributed by atoms with Gasteiger partial charge in [-0.2, -0.15) is 5.10 Å². The zero-order valence-corrected chi connectivity index (χ0v) is 16.7. The second-order valence-electron chi connectivity index (χ2n) is 6.44. The highest BCUT2D eigenvalue weighted by molar-refractivity contribution is 7.14. The number of para-hydroxylation sites is 1.